The van der Waals surface area contributed by atoms with E-state index < -0.39 is 78.5 Å². The topological polar surface area (TPSA) is 212 Å². The van der Waals surface area contributed by atoms with Gasteiger partial charge in [-0.25, -0.2) is 4.18 Å². The van der Waals surface area contributed by atoms with Crippen LogP contribution in [0.3, 0.4) is 0 Å². The van der Waals surface area contributed by atoms with Crippen LogP contribution in [0, 0.1) is 0 Å². The van der Waals surface area contributed by atoms with E-state index in [-0.39, 0.29) is 6.42 Å². The van der Waals surface area contributed by atoms with Gasteiger partial charge in [0.2, 0.25) is 5.91 Å². The molecular formula is C48H89NO12S. The normalized spacial score (nSPS) is 21.3. The van der Waals surface area contributed by atoms with Crippen molar-refractivity contribution in [2.75, 3.05) is 13.2 Å². The Kier molecular flexibility index (Phi) is 36.2. The van der Waals surface area contributed by atoms with E-state index in [1.165, 1.54) is 134 Å². The SMILES string of the molecule is CCCCCCCC/C=C\CCCCC(O)C(=O)NC(COC1OC(CO)C(O)C(OS(=O)(=O)O)C1O)C(O)/C=C/CC/C=C/CCCCCCCCCCCCCCCCC. The van der Waals surface area contributed by atoms with E-state index in [0.29, 0.717) is 12.8 Å². The molecule has 1 heterocycles. The van der Waals surface area contributed by atoms with Gasteiger partial charge < -0.3 is 40.3 Å². The zero-order valence-electron chi connectivity index (χ0n) is 38.5. The van der Waals surface area contributed by atoms with Gasteiger partial charge in [0.05, 0.1) is 25.4 Å². The van der Waals surface area contributed by atoms with Crippen molar-refractivity contribution in [3.63, 3.8) is 0 Å². The lowest BCUT2D eigenvalue weighted by atomic mass is 9.99. The maximum Gasteiger partial charge on any atom is 0.397 e. The summed E-state index contributed by atoms with van der Waals surface area (Å²) in [6.07, 6.45) is 33.8. The lowest BCUT2D eigenvalue weighted by molar-refractivity contribution is -0.298. The van der Waals surface area contributed by atoms with Crippen LogP contribution in [-0.4, -0.2) is 107 Å². The molecule has 1 saturated heterocycles. The molecule has 1 rings (SSSR count). The average Bonchev–Trinajstić information content (AvgIpc) is 3.24. The maximum absolute atomic E-state index is 13.1. The molecule has 1 amide bonds. The van der Waals surface area contributed by atoms with Gasteiger partial charge in [-0.15, -0.1) is 0 Å². The van der Waals surface area contributed by atoms with Crippen molar-refractivity contribution < 1.29 is 57.0 Å². The van der Waals surface area contributed by atoms with Gasteiger partial charge >= 0.3 is 10.4 Å². The fourth-order valence-corrected chi connectivity index (χ4v) is 8.10. The van der Waals surface area contributed by atoms with Crippen molar-refractivity contribution in [2.24, 2.45) is 0 Å². The Hall–Kier alpha value is -1.72. The quantitative estimate of drug-likeness (QED) is 0.0174. The number of nitrogens with one attached hydrogen (secondary N) is 1. The Labute approximate surface area is 376 Å². The second-order valence-corrected chi connectivity index (χ2v) is 18.2. The van der Waals surface area contributed by atoms with Crippen LogP contribution in [0.4, 0.5) is 0 Å². The Morgan fingerprint density at radius 3 is 1.55 bits per heavy atom. The van der Waals surface area contributed by atoms with Gasteiger partial charge in [0.25, 0.3) is 0 Å². The summed E-state index contributed by atoms with van der Waals surface area (Å²) in [4.78, 5) is 13.1. The molecule has 1 aliphatic heterocycles. The van der Waals surface area contributed by atoms with Crippen LogP contribution in [-0.2, 0) is 28.9 Å². The number of allylic oxidation sites excluding steroid dienone is 5. The minimum absolute atomic E-state index is 0.206. The molecule has 0 aromatic carbocycles. The Morgan fingerprint density at radius 1 is 0.645 bits per heavy atom. The minimum atomic E-state index is -5.12. The Bertz CT molecular complexity index is 1260. The molecule has 0 aromatic heterocycles. The summed E-state index contributed by atoms with van der Waals surface area (Å²) < 4.78 is 47.5. The van der Waals surface area contributed by atoms with Crippen molar-refractivity contribution in [3.05, 3.63) is 36.5 Å². The van der Waals surface area contributed by atoms with Crippen LogP contribution in [0.1, 0.15) is 200 Å². The number of unbranched alkanes of at least 4 members (excludes halogenated alkanes) is 24. The number of aliphatic hydroxyl groups is 5. The molecule has 7 N–H and O–H groups in total. The molecule has 1 aliphatic rings. The van der Waals surface area contributed by atoms with Crippen LogP contribution in [0.5, 0.6) is 0 Å². The monoisotopic (exact) mass is 904 g/mol. The molecule has 8 atom stereocenters. The van der Waals surface area contributed by atoms with Crippen molar-refractivity contribution in [3.8, 4) is 0 Å². The summed E-state index contributed by atoms with van der Waals surface area (Å²) in [6, 6.07) is -1.14. The molecule has 62 heavy (non-hydrogen) atoms. The van der Waals surface area contributed by atoms with E-state index >= 15 is 0 Å². The van der Waals surface area contributed by atoms with Gasteiger partial charge in [-0.2, -0.15) is 8.42 Å². The van der Waals surface area contributed by atoms with Crippen molar-refractivity contribution in [1.29, 1.82) is 0 Å². The van der Waals surface area contributed by atoms with E-state index in [4.69, 9.17) is 9.47 Å². The second-order valence-electron chi connectivity index (χ2n) is 17.2. The number of amides is 1. The first-order valence-electron chi connectivity index (χ1n) is 24.5. The number of aliphatic hydroxyl groups excluding tert-OH is 5. The predicted molar refractivity (Wildman–Crippen MR) is 247 cm³/mol. The van der Waals surface area contributed by atoms with Crippen LogP contribution >= 0.6 is 0 Å². The Morgan fingerprint density at radius 2 is 1.08 bits per heavy atom. The summed E-state index contributed by atoms with van der Waals surface area (Å²) in [5.74, 6) is -0.729. The first-order valence-corrected chi connectivity index (χ1v) is 25.8. The highest BCUT2D eigenvalue weighted by atomic mass is 32.3. The number of hydrogen-bond donors (Lipinski definition) is 7. The van der Waals surface area contributed by atoms with Crippen LogP contribution < -0.4 is 5.32 Å². The molecule has 13 nitrogen and oxygen atoms in total. The van der Waals surface area contributed by atoms with Crippen molar-refractivity contribution in [1.82, 2.24) is 5.32 Å². The first kappa shape index (κ1) is 58.3. The summed E-state index contributed by atoms with van der Waals surface area (Å²) in [5, 5.41) is 55.2. The van der Waals surface area contributed by atoms with E-state index in [1.54, 1.807) is 6.08 Å². The predicted octanol–water partition coefficient (Wildman–Crippen LogP) is 8.86. The molecule has 1 fully saturated rings. The molecule has 0 spiro atoms. The van der Waals surface area contributed by atoms with Gasteiger partial charge in [-0.1, -0.05) is 179 Å². The van der Waals surface area contributed by atoms with Gasteiger partial charge in [0.1, 0.15) is 30.5 Å². The third-order valence-electron chi connectivity index (χ3n) is 11.5. The van der Waals surface area contributed by atoms with E-state index in [0.717, 1.165) is 38.5 Å². The zero-order chi connectivity index (χ0) is 45.7. The van der Waals surface area contributed by atoms with Gasteiger partial charge in [-0.3, -0.25) is 9.35 Å². The van der Waals surface area contributed by atoms with Crippen molar-refractivity contribution >= 4 is 16.3 Å². The van der Waals surface area contributed by atoms with Gasteiger partial charge in [0, 0.05) is 0 Å². The summed E-state index contributed by atoms with van der Waals surface area (Å²) in [7, 11) is -5.12. The minimum Gasteiger partial charge on any atom is -0.394 e. The molecule has 0 radical (unpaired) electrons. The maximum atomic E-state index is 13.1. The summed E-state index contributed by atoms with van der Waals surface area (Å²) in [6.45, 7) is 3.18. The number of ether oxygens (including phenoxy) is 2. The fourth-order valence-electron chi connectivity index (χ4n) is 7.59. The Balaban J connectivity index is 2.57. The van der Waals surface area contributed by atoms with Crippen LogP contribution in [0.2, 0.25) is 0 Å². The van der Waals surface area contributed by atoms with Crippen molar-refractivity contribution in [2.45, 2.75) is 249 Å². The molecule has 8 unspecified atom stereocenters. The highest BCUT2D eigenvalue weighted by Crippen LogP contribution is 2.26. The average molecular weight is 904 g/mol. The van der Waals surface area contributed by atoms with E-state index in [9.17, 15) is 43.3 Å². The largest absolute Gasteiger partial charge is 0.397 e. The molecule has 0 saturated carbocycles. The first-order chi connectivity index (χ1) is 29.9. The smallest absolute Gasteiger partial charge is 0.394 e. The molecule has 14 heteroatoms. The second kappa shape index (κ2) is 38.5. The molecule has 364 valence electrons. The summed E-state index contributed by atoms with van der Waals surface area (Å²) >= 11 is 0. The van der Waals surface area contributed by atoms with Gasteiger partial charge in [0.15, 0.2) is 6.29 Å². The number of hydrogen-bond acceptors (Lipinski definition) is 11. The highest BCUT2D eigenvalue weighted by molar-refractivity contribution is 7.80. The molecule has 0 bridgehead atoms. The highest BCUT2D eigenvalue weighted by Gasteiger charge is 2.48. The van der Waals surface area contributed by atoms with Crippen LogP contribution in [0.15, 0.2) is 36.5 Å². The summed E-state index contributed by atoms with van der Waals surface area (Å²) in [5.41, 5.74) is 0. The lowest BCUT2D eigenvalue weighted by Gasteiger charge is -2.41. The fraction of sp³-hybridized carbons (Fsp3) is 0.854. The number of rotatable bonds is 41. The lowest BCUT2D eigenvalue weighted by Crippen LogP contribution is -2.61. The molecule has 0 aromatic rings. The van der Waals surface area contributed by atoms with E-state index in [2.05, 4.69) is 47.7 Å². The van der Waals surface area contributed by atoms with Crippen LogP contribution in [0.25, 0.3) is 0 Å². The third kappa shape index (κ3) is 30.4. The third-order valence-corrected chi connectivity index (χ3v) is 12.0. The van der Waals surface area contributed by atoms with Gasteiger partial charge in [-0.05, 0) is 57.8 Å². The number of carbonyl (C=O) groups excluding carboxylic acids is 1. The van der Waals surface area contributed by atoms with E-state index in [1.807, 2.05) is 0 Å². The standard InChI is InChI=1S/C48H89NO12S/c1-3-5-7-9-11-13-15-17-18-19-20-21-22-23-24-25-27-28-30-32-34-36-41(51)40(39-59-48-45(54)46(61-62(56,57)58)44(53)43(38-50)60-48)49-47(55)42(52)37-35-33-31-29-26-16-14-12-10-8-6-4-2/h26-29,34,36,40-46,48,50-54H,3-25,30-33,35,37-39H2,1-2H3,(H,49,55)(H,56,57,58)/b28-27+,29-26-,36-34+. The molecular weight excluding hydrogens is 815 g/mol. The molecule has 0 aliphatic carbocycles. The zero-order valence-corrected chi connectivity index (χ0v) is 39.4. The number of carbonyl (C=O) groups is 1.